The van der Waals surface area contributed by atoms with Crippen molar-refractivity contribution >= 4 is 0 Å². The van der Waals surface area contributed by atoms with E-state index in [2.05, 4.69) is 11.8 Å². The first kappa shape index (κ1) is 13.1. The van der Waals surface area contributed by atoms with Crippen molar-refractivity contribution in [2.24, 2.45) is 0 Å². The van der Waals surface area contributed by atoms with Crippen LogP contribution in [0.5, 0.6) is 5.75 Å². The average Bonchev–Trinajstić information content (AvgIpc) is 2.29. The van der Waals surface area contributed by atoms with Gasteiger partial charge in [0.25, 0.3) is 0 Å². The molecule has 0 aliphatic rings. The highest BCUT2D eigenvalue weighted by atomic mass is 16.5. The van der Waals surface area contributed by atoms with Crippen LogP contribution in [0.15, 0.2) is 18.2 Å². The molecule has 1 aromatic rings. The Morgan fingerprint density at radius 2 is 1.41 bits per heavy atom. The first-order valence-corrected chi connectivity index (χ1v) is 5.10. The average molecular weight is 230 g/mol. The van der Waals surface area contributed by atoms with Crippen molar-refractivity contribution in [3.63, 3.8) is 0 Å². The number of hydrogen-bond acceptors (Lipinski definition) is 3. The smallest absolute Gasteiger partial charge is 0.116 e. The molecule has 1 aromatic carbocycles. The summed E-state index contributed by atoms with van der Waals surface area (Å²) in [5, 5.41) is 9.52. The van der Waals surface area contributed by atoms with Gasteiger partial charge < -0.3 is 14.6 Å². The van der Waals surface area contributed by atoms with Gasteiger partial charge in [-0.05, 0) is 23.3 Å². The van der Waals surface area contributed by atoms with Gasteiger partial charge in [0.15, 0.2) is 0 Å². The SMILES string of the molecule is C#CCOCc1cc(O)cc(COCC#C)c1. The summed E-state index contributed by atoms with van der Waals surface area (Å²) in [6.07, 6.45) is 10.1. The second kappa shape index (κ2) is 7.35. The van der Waals surface area contributed by atoms with Crippen molar-refractivity contribution in [1.82, 2.24) is 0 Å². The molecule has 0 spiro atoms. The summed E-state index contributed by atoms with van der Waals surface area (Å²) in [4.78, 5) is 0. The van der Waals surface area contributed by atoms with E-state index < -0.39 is 0 Å². The number of hydrogen-bond donors (Lipinski definition) is 1. The van der Waals surface area contributed by atoms with Crippen molar-refractivity contribution in [1.29, 1.82) is 0 Å². The minimum Gasteiger partial charge on any atom is -0.508 e. The molecule has 0 unspecified atom stereocenters. The van der Waals surface area contributed by atoms with Crippen LogP contribution >= 0.6 is 0 Å². The summed E-state index contributed by atoms with van der Waals surface area (Å²) in [6, 6.07) is 5.13. The second-order valence-corrected chi connectivity index (χ2v) is 3.40. The van der Waals surface area contributed by atoms with Gasteiger partial charge in [-0.1, -0.05) is 17.9 Å². The molecule has 0 saturated carbocycles. The lowest BCUT2D eigenvalue weighted by molar-refractivity contribution is 0.148. The van der Waals surface area contributed by atoms with Crippen molar-refractivity contribution in [2.45, 2.75) is 13.2 Å². The third kappa shape index (κ3) is 5.08. The Balaban J connectivity index is 2.60. The predicted octanol–water partition coefficient (Wildman–Crippen LogP) is 1.69. The third-order valence-electron chi connectivity index (χ3n) is 1.95. The molecule has 17 heavy (non-hydrogen) atoms. The van der Waals surface area contributed by atoms with Crippen molar-refractivity contribution in [2.75, 3.05) is 13.2 Å². The minimum absolute atomic E-state index is 0.172. The molecule has 3 heteroatoms. The number of terminal acetylenes is 2. The largest absolute Gasteiger partial charge is 0.508 e. The number of ether oxygens (including phenoxy) is 2. The second-order valence-electron chi connectivity index (χ2n) is 3.40. The molecule has 1 rings (SSSR count). The molecule has 0 atom stereocenters. The summed E-state index contributed by atoms with van der Waals surface area (Å²) in [7, 11) is 0. The number of aromatic hydroxyl groups is 1. The standard InChI is InChI=1S/C14H14O3/c1-3-5-16-10-12-7-13(9-14(15)8-12)11-17-6-4-2/h1-2,7-9,15H,5-6,10-11H2. The molecule has 0 aromatic heterocycles. The van der Waals surface area contributed by atoms with Crippen LogP contribution in [0.4, 0.5) is 0 Å². The predicted molar refractivity (Wildman–Crippen MR) is 65.1 cm³/mol. The fourth-order valence-electron chi connectivity index (χ4n) is 1.37. The highest BCUT2D eigenvalue weighted by molar-refractivity contribution is 5.33. The zero-order valence-electron chi connectivity index (χ0n) is 9.48. The molecule has 0 bridgehead atoms. The molecule has 88 valence electrons. The molecule has 0 aliphatic heterocycles. The number of phenolic OH excluding ortho intramolecular Hbond substituents is 1. The maximum absolute atomic E-state index is 9.52. The Morgan fingerprint density at radius 1 is 0.941 bits per heavy atom. The van der Waals surface area contributed by atoms with Crippen LogP contribution in [0, 0.1) is 24.7 Å². The fourth-order valence-corrected chi connectivity index (χ4v) is 1.37. The van der Waals surface area contributed by atoms with E-state index >= 15 is 0 Å². The van der Waals surface area contributed by atoms with E-state index in [1.54, 1.807) is 12.1 Å². The van der Waals surface area contributed by atoms with Crippen LogP contribution in [0.25, 0.3) is 0 Å². The molecule has 0 amide bonds. The zero-order chi connectivity index (χ0) is 12.5. The number of benzene rings is 1. The Bertz CT molecular complexity index is 400. The van der Waals surface area contributed by atoms with Gasteiger partial charge in [0.05, 0.1) is 13.2 Å². The van der Waals surface area contributed by atoms with E-state index in [1.165, 1.54) is 0 Å². The summed E-state index contributed by atoms with van der Waals surface area (Å²) in [5.74, 6) is 4.93. The normalized spacial score (nSPS) is 9.53. The van der Waals surface area contributed by atoms with Crippen LogP contribution in [0.2, 0.25) is 0 Å². The van der Waals surface area contributed by atoms with Crippen molar-refractivity contribution in [3.05, 3.63) is 29.3 Å². The molecule has 0 saturated heterocycles. The monoisotopic (exact) mass is 230 g/mol. The molecule has 0 aliphatic carbocycles. The zero-order valence-corrected chi connectivity index (χ0v) is 9.48. The first-order valence-electron chi connectivity index (χ1n) is 5.10. The van der Waals surface area contributed by atoms with E-state index in [1.807, 2.05) is 6.07 Å². The molecule has 0 heterocycles. The Labute approximate surface area is 101 Å². The maximum Gasteiger partial charge on any atom is 0.116 e. The van der Waals surface area contributed by atoms with Crippen LogP contribution in [-0.2, 0) is 22.7 Å². The lowest BCUT2D eigenvalue weighted by atomic mass is 10.1. The van der Waals surface area contributed by atoms with Crippen LogP contribution in [0.1, 0.15) is 11.1 Å². The Hall–Kier alpha value is -1.94. The summed E-state index contributed by atoms with van der Waals surface area (Å²) in [5.41, 5.74) is 1.69. The van der Waals surface area contributed by atoms with E-state index in [0.717, 1.165) is 11.1 Å². The third-order valence-corrected chi connectivity index (χ3v) is 1.95. The molecular formula is C14H14O3. The van der Waals surface area contributed by atoms with Gasteiger partial charge in [-0.3, -0.25) is 0 Å². The van der Waals surface area contributed by atoms with Crippen LogP contribution < -0.4 is 0 Å². The van der Waals surface area contributed by atoms with E-state index in [4.69, 9.17) is 22.3 Å². The first-order chi connectivity index (χ1) is 8.26. The summed E-state index contributed by atoms with van der Waals surface area (Å²) < 4.78 is 10.4. The van der Waals surface area contributed by atoms with Gasteiger partial charge >= 0.3 is 0 Å². The minimum atomic E-state index is 0.172. The van der Waals surface area contributed by atoms with Crippen molar-refractivity contribution in [3.8, 4) is 30.4 Å². The summed E-state index contributed by atoms with van der Waals surface area (Å²) >= 11 is 0. The fraction of sp³-hybridized carbons (Fsp3) is 0.286. The summed E-state index contributed by atoms with van der Waals surface area (Å²) in [6.45, 7) is 1.22. The molecule has 3 nitrogen and oxygen atoms in total. The lowest BCUT2D eigenvalue weighted by Crippen LogP contribution is -1.97. The van der Waals surface area contributed by atoms with Gasteiger partial charge in [-0.2, -0.15) is 0 Å². The van der Waals surface area contributed by atoms with E-state index in [0.29, 0.717) is 13.2 Å². The molecule has 0 fully saturated rings. The quantitative estimate of drug-likeness (QED) is 0.597. The highest BCUT2D eigenvalue weighted by Crippen LogP contribution is 2.17. The molecule has 1 N–H and O–H groups in total. The molecular weight excluding hydrogens is 216 g/mol. The van der Waals surface area contributed by atoms with E-state index in [-0.39, 0.29) is 19.0 Å². The molecule has 0 radical (unpaired) electrons. The van der Waals surface area contributed by atoms with E-state index in [9.17, 15) is 5.11 Å². The van der Waals surface area contributed by atoms with Gasteiger partial charge in [0.2, 0.25) is 0 Å². The van der Waals surface area contributed by atoms with Gasteiger partial charge in [0.1, 0.15) is 19.0 Å². The Morgan fingerprint density at radius 3 is 1.82 bits per heavy atom. The van der Waals surface area contributed by atoms with Crippen LogP contribution in [-0.4, -0.2) is 18.3 Å². The number of rotatable bonds is 6. The maximum atomic E-state index is 9.52. The van der Waals surface area contributed by atoms with Gasteiger partial charge in [-0.15, -0.1) is 12.8 Å². The topological polar surface area (TPSA) is 38.7 Å². The lowest BCUT2D eigenvalue weighted by Gasteiger charge is -2.06. The van der Waals surface area contributed by atoms with Gasteiger partial charge in [0, 0.05) is 0 Å². The highest BCUT2D eigenvalue weighted by Gasteiger charge is 2.01. The Kier molecular flexibility index (Phi) is 5.68. The van der Waals surface area contributed by atoms with Crippen LogP contribution in [0.3, 0.4) is 0 Å². The van der Waals surface area contributed by atoms with Crippen molar-refractivity contribution < 1.29 is 14.6 Å². The number of phenols is 1. The van der Waals surface area contributed by atoms with Gasteiger partial charge in [-0.25, -0.2) is 0 Å².